The number of carbonyl (C=O) groups is 1. The van der Waals surface area contributed by atoms with Gasteiger partial charge in [0.1, 0.15) is 17.7 Å². The summed E-state index contributed by atoms with van der Waals surface area (Å²) < 4.78 is 17.6. The van der Waals surface area contributed by atoms with Crippen molar-refractivity contribution >= 4 is 28.8 Å². The fraction of sp³-hybridized carbons (Fsp3) is 0.207. The topological polar surface area (TPSA) is 104 Å². The molecule has 2 fully saturated rings. The highest BCUT2D eigenvalue weighted by atomic mass is 35.5. The highest BCUT2D eigenvalue weighted by Crippen LogP contribution is 2.47. The maximum absolute atomic E-state index is 14.1. The van der Waals surface area contributed by atoms with Crippen LogP contribution in [0.1, 0.15) is 15.9 Å². The van der Waals surface area contributed by atoms with Crippen molar-refractivity contribution < 1.29 is 9.18 Å². The number of nitrogens with zero attached hydrogens (tertiary/aromatic N) is 7. The van der Waals surface area contributed by atoms with Crippen molar-refractivity contribution in [2.24, 2.45) is 18.9 Å². The standard InChI is InChI=1S/C29H22ClFN8O/c1-37-12-19(11-34-37)17-7-20(28-18(8-32)10-35-39(28)13-17)16-5-6-25(33-9-16)38-14-21-22(15-38)27(21)36-29(40)26-23(30)3-2-4-24(26)31/h2-7,9-13,21-22,27H,14-15H2,1H3,(H,36,40)/t21-,22+,27+. The Kier molecular flexibility index (Phi) is 5.57. The minimum absolute atomic E-state index is 0.00605. The lowest BCUT2D eigenvalue weighted by Crippen LogP contribution is -2.35. The van der Waals surface area contributed by atoms with Crippen LogP contribution in [0.2, 0.25) is 5.02 Å². The summed E-state index contributed by atoms with van der Waals surface area (Å²) in [6, 6.07) is 12.5. The van der Waals surface area contributed by atoms with E-state index in [0.29, 0.717) is 5.56 Å². The van der Waals surface area contributed by atoms with E-state index in [0.717, 1.165) is 46.7 Å². The molecule has 7 rings (SSSR count). The first-order chi connectivity index (χ1) is 19.4. The molecular weight excluding hydrogens is 531 g/mol. The number of nitriles is 1. The normalized spacial score (nSPS) is 19.4. The number of anilines is 1. The molecule has 0 bridgehead atoms. The van der Waals surface area contributed by atoms with Crippen LogP contribution in [-0.2, 0) is 7.05 Å². The zero-order valence-electron chi connectivity index (χ0n) is 21.3. The third kappa shape index (κ3) is 3.98. The molecule has 1 saturated carbocycles. The largest absolute Gasteiger partial charge is 0.356 e. The number of hydrogen-bond donors (Lipinski definition) is 1. The number of fused-ring (bicyclic) bond motifs is 2. The van der Waals surface area contributed by atoms with Gasteiger partial charge in [0.05, 0.1) is 34.1 Å². The molecule has 2 aliphatic rings. The Morgan fingerprint density at radius 3 is 2.58 bits per heavy atom. The van der Waals surface area contributed by atoms with Gasteiger partial charge < -0.3 is 10.2 Å². The number of nitrogens with one attached hydrogen (secondary N) is 1. The molecule has 40 heavy (non-hydrogen) atoms. The van der Waals surface area contributed by atoms with Gasteiger partial charge in [-0.2, -0.15) is 15.5 Å². The Labute approximate surface area is 233 Å². The van der Waals surface area contributed by atoms with Crippen molar-refractivity contribution in [3.8, 4) is 28.3 Å². The molecule has 4 aromatic heterocycles. The Bertz CT molecular complexity index is 1810. The van der Waals surface area contributed by atoms with Gasteiger partial charge >= 0.3 is 0 Å². The number of pyridine rings is 2. The van der Waals surface area contributed by atoms with Crippen molar-refractivity contribution in [2.45, 2.75) is 6.04 Å². The molecule has 11 heteroatoms. The van der Waals surface area contributed by atoms with Crippen molar-refractivity contribution in [2.75, 3.05) is 18.0 Å². The summed E-state index contributed by atoms with van der Waals surface area (Å²) >= 11 is 6.05. The molecule has 5 aromatic rings. The summed E-state index contributed by atoms with van der Waals surface area (Å²) in [7, 11) is 1.87. The zero-order valence-corrected chi connectivity index (χ0v) is 22.0. The van der Waals surface area contributed by atoms with Crippen LogP contribution in [0, 0.1) is 29.0 Å². The summed E-state index contributed by atoms with van der Waals surface area (Å²) in [5, 5.41) is 21.4. The van der Waals surface area contributed by atoms with Gasteiger partial charge in [0.2, 0.25) is 0 Å². The van der Waals surface area contributed by atoms with E-state index >= 15 is 0 Å². The van der Waals surface area contributed by atoms with Crippen LogP contribution in [0.3, 0.4) is 0 Å². The third-order valence-electron chi connectivity index (χ3n) is 7.83. The lowest BCUT2D eigenvalue weighted by molar-refractivity contribution is 0.0943. The molecule has 1 saturated heterocycles. The molecule has 9 nitrogen and oxygen atoms in total. The fourth-order valence-electron chi connectivity index (χ4n) is 5.75. The molecule has 198 valence electrons. The van der Waals surface area contributed by atoms with Crippen LogP contribution in [0.25, 0.3) is 27.8 Å². The molecule has 1 aliphatic heterocycles. The molecule has 1 aromatic carbocycles. The van der Waals surface area contributed by atoms with Crippen LogP contribution in [-0.4, -0.2) is 49.4 Å². The van der Waals surface area contributed by atoms with E-state index in [1.165, 1.54) is 18.2 Å². The van der Waals surface area contributed by atoms with E-state index in [2.05, 4.69) is 26.5 Å². The van der Waals surface area contributed by atoms with Crippen molar-refractivity contribution in [1.82, 2.24) is 29.7 Å². The summed E-state index contributed by atoms with van der Waals surface area (Å²) in [5.74, 6) is 0.288. The highest BCUT2D eigenvalue weighted by Gasteiger charge is 2.56. The molecule has 5 heterocycles. The van der Waals surface area contributed by atoms with Gasteiger partial charge in [-0.15, -0.1) is 0 Å². The molecule has 3 atom stereocenters. The molecule has 1 amide bonds. The lowest BCUT2D eigenvalue weighted by Gasteiger charge is -2.21. The number of benzene rings is 1. The van der Waals surface area contributed by atoms with Gasteiger partial charge in [0.25, 0.3) is 5.91 Å². The Morgan fingerprint density at radius 2 is 1.90 bits per heavy atom. The molecule has 1 N–H and O–H groups in total. The van der Waals surface area contributed by atoms with Gasteiger partial charge in [0.15, 0.2) is 0 Å². The predicted molar refractivity (Wildman–Crippen MR) is 147 cm³/mol. The first-order valence-corrected chi connectivity index (χ1v) is 13.2. The minimum atomic E-state index is -0.622. The number of aryl methyl sites for hydroxylation is 1. The fourth-order valence-corrected chi connectivity index (χ4v) is 6.00. The average molecular weight is 553 g/mol. The van der Waals surface area contributed by atoms with Crippen LogP contribution < -0.4 is 10.2 Å². The summed E-state index contributed by atoms with van der Waals surface area (Å²) in [6.07, 6.45) is 9.00. The SMILES string of the molecule is Cn1cc(-c2cc(-c3ccc(N4C[C@@H]5[C@H](C4)[C@H]5NC(=O)c4c(F)cccc4Cl)nc3)c3c(C#N)cnn3c2)cn1. The van der Waals surface area contributed by atoms with Gasteiger partial charge in [-0.1, -0.05) is 17.7 Å². The first kappa shape index (κ1) is 24.3. The molecule has 0 radical (unpaired) electrons. The van der Waals surface area contributed by atoms with Crippen LogP contribution >= 0.6 is 11.6 Å². The molecule has 1 aliphatic carbocycles. The van der Waals surface area contributed by atoms with Gasteiger partial charge in [0, 0.05) is 78.9 Å². The van der Waals surface area contributed by atoms with E-state index in [1.54, 1.807) is 21.6 Å². The first-order valence-electron chi connectivity index (χ1n) is 12.8. The maximum Gasteiger partial charge on any atom is 0.256 e. The van der Waals surface area contributed by atoms with E-state index in [9.17, 15) is 14.4 Å². The number of carbonyl (C=O) groups excluding carboxylic acids is 1. The van der Waals surface area contributed by atoms with E-state index in [4.69, 9.17) is 16.6 Å². The highest BCUT2D eigenvalue weighted by molar-refractivity contribution is 6.33. The third-order valence-corrected chi connectivity index (χ3v) is 8.15. The second kappa shape index (κ2) is 9.17. The summed E-state index contributed by atoms with van der Waals surface area (Å²) in [5.41, 5.74) is 4.70. The van der Waals surface area contributed by atoms with Crippen molar-refractivity contribution in [3.05, 3.63) is 89.3 Å². The van der Waals surface area contributed by atoms with E-state index < -0.39 is 11.7 Å². The van der Waals surface area contributed by atoms with Crippen molar-refractivity contribution in [1.29, 1.82) is 5.26 Å². The number of halogens is 2. The summed E-state index contributed by atoms with van der Waals surface area (Å²) in [4.78, 5) is 19.6. The van der Waals surface area contributed by atoms with E-state index in [-0.39, 0.29) is 28.5 Å². The van der Waals surface area contributed by atoms with Crippen LogP contribution in [0.15, 0.2) is 67.4 Å². The van der Waals surface area contributed by atoms with Crippen LogP contribution in [0.4, 0.5) is 10.2 Å². The van der Waals surface area contributed by atoms with Gasteiger partial charge in [-0.05, 0) is 30.3 Å². The number of piperidine rings is 1. The molecule has 0 spiro atoms. The summed E-state index contributed by atoms with van der Waals surface area (Å²) in [6.45, 7) is 1.49. The number of amides is 1. The minimum Gasteiger partial charge on any atom is -0.356 e. The zero-order chi connectivity index (χ0) is 27.5. The van der Waals surface area contributed by atoms with E-state index in [1.807, 2.05) is 43.8 Å². The number of aromatic nitrogens is 5. The average Bonchev–Trinajstić information content (AvgIpc) is 3.40. The molecular formula is C29H22ClFN8O. The van der Waals surface area contributed by atoms with Crippen molar-refractivity contribution in [3.63, 3.8) is 0 Å². The maximum atomic E-state index is 14.1. The molecule has 0 unspecified atom stereocenters. The predicted octanol–water partition coefficient (Wildman–Crippen LogP) is 4.33. The smallest absolute Gasteiger partial charge is 0.256 e. The second-order valence-electron chi connectivity index (χ2n) is 10.2. The Hall–Kier alpha value is -4.75. The quantitative estimate of drug-likeness (QED) is 0.348. The second-order valence-corrected chi connectivity index (χ2v) is 10.6. The number of rotatable bonds is 5. The lowest BCUT2D eigenvalue weighted by atomic mass is 10.0. The number of hydrogen-bond acceptors (Lipinski definition) is 6. The van der Waals surface area contributed by atoms with Gasteiger partial charge in [-0.25, -0.2) is 13.9 Å². The Morgan fingerprint density at radius 1 is 1.07 bits per heavy atom. The monoisotopic (exact) mass is 552 g/mol. The Balaban J connectivity index is 1.10. The van der Waals surface area contributed by atoms with Crippen LogP contribution in [0.5, 0.6) is 0 Å². The van der Waals surface area contributed by atoms with Gasteiger partial charge in [-0.3, -0.25) is 9.48 Å².